The predicted octanol–water partition coefficient (Wildman–Crippen LogP) is 10.6. The van der Waals surface area contributed by atoms with Crippen molar-refractivity contribution in [3.05, 3.63) is 134 Å². The van der Waals surface area contributed by atoms with Crippen LogP contribution in [0.2, 0.25) is 0 Å². The molecule has 5 aromatic carbocycles. The van der Waals surface area contributed by atoms with Gasteiger partial charge in [-0.05, 0) is 69.3 Å². The molecule has 3 heterocycles. The van der Waals surface area contributed by atoms with Crippen LogP contribution in [0, 0.1) is 0 Å². The number of fused-ring (bicyclic) bond motifs is 12. The molecule has 0 radical (unpaired) electrons. The van der Waals surface area contributed by atoms with Gasteiger partial charge >= 0.3 is 0 Å². The van der Waals surface area contributed by atoms with E-state index in [0.717, 1.165) is 27.9 Å². The maximum atomic E-state index is 5.20. The number of hydrogen-bond acceptors (Lipinski definition) is 3. The summed E-state index contributed by atoms with van der Waals surface area (Å²) in [5.74, 6) is 0. The standard InChI is InChI=1S/C38H22N2S/c1-3-12-28-26(10-1)27-11-2-4-13-29(27)34-22-24-9-8-20-39-38(24)40-36(34)31-19-18-23(21-33(28)31)25-15-7-16-32-30-14-5-6-17-35(30)41-37(25)32/h1-22H. The zero-order valence-corrected chi connectivity index (χ0v) is 22.8. The molecule has 41 heavy (non-hydrogen) atoms. The number of hydrogen-bond donors (Lipinski definition) is 0. The highest BCUT2D eigenvalue weighted by Crippen LogP contribution is 2.49. The minimum atomic E-state index is 0.766. The largest absolute Gasteiger partial charge is 0.237 e. The monoisotopic (exact) mass is 538 g/mol. The summed E-state index contributed by atoms with van der Waals surface area (Å²) in [6, 6.07) is 46.1. The third-order valence-electron chi connectivity index (χ3n) is 8.30. The van der Waals surface area contributed by atoms with Crippen molar-refractivity contribution in [1.29, 1.82) is 0 Å². The van der Waals surface area contributed by atoms with E-state index in [0.29, 0.717) is 0 Å². The molecule has 190 valence electrons. The maximum Gasteiger partial charge on any atom is 0.159 e. The molecule has 0 spiro atoms. The Bertz CT molecular complexity index is 2330. The first kappa shape index (κ1) is 22.7. The molecule has 0 N–H and O–H groups in total. The van der Waals surface area contributed by atoms with Crippen LogP contribution in [0.15, 0.2) is 134 Å². The minimum absolute atomic E-state index is 0.766. The molecule has 1 aliphatic rings. The van der Waals surface area contributed by atoms with Crippen molar-refractivity contribution < 1.29 is 0 Å². The van der Waals surface area contributed by atoms with E-state index >= 15 is 0 Å². The van der Waals surface area contributed by atoms with E-state index in [4.69, 9.17) is 4.98 Å². The lowest BCUT2D eigenvalue weighted by Gasteiger charge is -2.23. The van der Waals surface area contributed by atoms with Gasteiger partial charge in [0, 0.05) is 42.9 Å². The van der Waals surface area contributed by atoms with Crippen molar-refractivity contribution in [2.24, 2.45) is 0 Å². The highest BCUT2D eigenvalue weighted by atomic mass is 32.1. The van der Waals surface area contributed by atoms with Gasteiger partial charge in [0.15, 0.2) is 5.65 Å². The molecular weight excluding hydrogens is 516 g/mol. The van der Waals surface area contributed by atoms with Crippen LogP contribution in [0.3, 0.4) is 0 Å². The molecule has 0 atom stereocenters. The van der Waals surface area contributed by atoms with Crippen LogP contribution < -0.4 is 0 Å². The van der Waals surface area contributed by atoms with Gasteiger partial charge < -0.3 is 0 Å². The molecule has 0 saturated heterocycles. The van der Waals surface area contributed by atoms with Gasteiger partial charge in [-0.25, -0.2) is 9.97 Å². The van der Waals surface area contributed by atoms with Gasteiger partial charge in [-0.1, -0.05) is 97.1 Å². The van der Waals surface area contributed by atoms with Crippen LogP contribution in [0.5, 0.6) is 0 Å². The molecule has 9 rings (SSSR count). The zero-order valence-electron chi connectivity index (χ0n) is 22.0. The SMILES string of the molecule is c1ccc2c(c1)-c1ccccc1-c1cc3cccnc3nc1-c1ccc(-c3cccc4c3sc3ccccc34)cc1-2. The van der Waals surface area contributed by atoms with E-state index in [9.17, 15) is 0 Å². The van der Waals surface area contributed by atoms with Gasteiger partial charge in [-0.15, -0.1) is 11.3 Å². The van der Waals surface area contributed by atoms with Crippen LogP contribution in [0.4, 0.5) is 0 Å². The third kappa shape index (κ3) is 3.36. The van der Waals surface area contributed by atoms with Crippen molar-refractivity contribution in [3.63, 3.8) is 0 Å². The molecule has 0 saturated carbocycles. The van der Waals surface area contributed by atoms with Gasteiger partial charge in [0.2, 0.25) is 0 Å². The van der Waals surface area contributed by atoms with Crippen LogP contribution >= 0.6 is 11.3 Å². The number of benzene rings is 5. The minimum Gasteiger partial charge on any atom is -0.237 e. The van der Waals surface area contributed by atoms with Gasteiger partial charge in [0.05, 0.1) is 5.69 Å². The summed E-state index contributed by atoms with van der Waals surface area (Å²) >= 11 is 1.87. The Morgan fingerprint density at radius 2 is 1.15 bits per heavy atom. The zero-order chi connectivity index (χ0) is 26.9. The molecule has 0 fully saturated rings. The van der Waals surface area contributed by atoms with Crippen molar-refractivity contribution in [1.82, 2.24) is 9.97 Å². The predicted molar refractivity (Wildman–Crippen MR) is 173 cm³/mol. The normalized spacial score (nSPS) is 11.9. The number of rotatable bonds is 1. The highest BCUT2D eigenvalue weighted by molar-refractivity contribution is 7.26. The van der Waals surface area contributed by atoms with E-state index < -0.39 is 0 Å². The van der Waals surface area contributed by atoms with Crippen LogP contribution in [-0.4, -0.2) is 9.97 Å². The maximum absolute atomic E-state index is 5.20. The van der Waals surface area contributed by atoms with Gasteiger partial charge in [0.25, 0.3) is 0 Å². The molecule has 3 heteroatoms. The number of nitrogens with zero attached hydrogens (tertiary/aromatic N) is 2. The van der Waals surface area contributed by atoms with Crippen molar-refractivity contribution >= 4 is 42.5 Å². The quantitative estimate of drug-likeness (QED) is 0.208. The fraction of sp³-hybridized carbons (Fsp3) is 0. The first-order chi connectivity index (χ1) is 20.3. The Labute approximate surface area is 241 Å². The molecular formula is C38H22N2S. The molecule has 0 amide bonds. The van der Waals surface area contributed by atoms with Crippen LogP contribution in [0.25, 0.3) is 87.0 Å². The van der Waals surface area contributed by atoms with E-state index in [1.807, 2.05) is 23.6 Å². The first-order valence-electron chi connectivity index (χ1n) is 13.8. The lowest BCUT2D eigenvalue weighted by Crippen LogP contribution is -2.00. The fourth-order valence-electron chi connectivity index (χ4n) is 6.44. The number of pyridine rings is 2. The Hall–Kier alpha value is -5.12. The summed E-state index contributed by atoms with van der Waals surface area (Å²) in [6.07, 6.45) is 1.82. The van der Waals surface area contributed by atoms with Crippen LogP contribution in [-0.2, 0) is 0 Å². The molecule has 0 aliphatic heterocycles. The Balaban J connectivity index is 1.38. The Morgan fingerprint density at radius 1 is 0.463 bits per heavy atom. The van der Waals surface area contributed by atoms with Crippen molar-refractivity contribution in [2.45, 2.75) is 0 Å². The van der Waals surface area contributed by atoms with E-state index in [1.165, 1.54) is 59.1 Å². The third-order valence-corrected chi connectivity index (χ3v) is 9.52. The van der Waals surface area contributed by atoms with Gasteiger partial charge in [-0.2, -0.15) is 0 Å². The van der Waals surface area contributed by atoms with Crippen molar-refractivity contribution in [3.8, 4) is 55.8 Å². The van der Waals surface area contributed by atoms with Crippen LogP contribution in [0.1, 0.15) is 0 Å². The first-order valence-corrected chi connectivity index (χ1v) is 14.7. The molecule has 1 aliphatic carbocycles. The lowest BCUT2D eigenvalue weighted by atomic mass is 9.81. The van der Waals surface area contributed by atoms with E-state index in [-0.39, 0.29) is 0 Å². The number of thiophene rings is 1. The Kier molecular flexibility index (Phi) is 4.80. The van der Waals surface area contributed by atoms with Crippen molar-refractivity contribution in [2.75, 3.05) is 0 Å². The summed E-state index contributed by atoms with van der Waals surface area (Å²) in [4.78, 5) is 9.83. The summed E-state index contributed by atoms with van der Waals surface area (Å²) < 4.78 is 2.65. The molecule has 2 nitrogen and oxygen atoms in total. The fourth-order valence-corrected chi connectivity index (χ4v) is 7.68. The summed E-state index contributed by atoms with van der Waals surface area (Å²) in [7, 11) is 0. The average Bonchev–Trinajstić information content (AvgIpc) is 3.42. The van der Waals surface area contributed by atoms with Gasteiger partial charge in [0.1, 0.15) is 0 Å². The smallest absolute Gasteiger partial charge is 0.159 e. The summed E-state index contributed by atoms with van der Waals surface area (Å²) in [6.45, 7) is 0. The van der Waals surface area contributed by atoms with Gasteiger partial charge in [-0.3, -0.25) is 0 Å². The Morgan fingerprint density at radius 3 is 1.98 bits per heavy atom. The topological polar surface area (TPSA) is 25.8 Å². The second-order valence-corrected chi connectivity index (χ2v) is 11.6. The lowest BCUT2D eigenvalue weighted by molar-refractivity contribution is 1.29. The highest BCUT2D eigenvalue weighted by Gasteiger charge is 2.24. The summed E-state index contributed by atoms with van der Waals surface area (Å²) in [5, 5.41) is 3.68. The molecule has 3 aromatic heterocycles. The van der Waals surface area contributed by atoms with E-state index in [1.54, 1.807) is 0 Å². The average molecular weight is 539 g/mol. The number of aromatic nitrogens is 2. The second-order valence-electron chi connectivity index (χ2n) is 10.6. The summed E-state index contributed by atoms with van der Waals surface area (Å²) in [5.41, 5.74) is 12.5. The molecule has 8 aromatic rings. The second kappa shape index (κ2) is 8.69. The molecule has 0 unspecified atom stereocenters. The molecule has 0 bridgehead atoms. The van der Waals surface area contributed by atoms with E-state index in [2.05, 4.69) is 126 Å².